The lowest BCUT2D eigenvalue weighted by Crippen LogP contribution is -2.44. The highest BCUT2D eigenvalue weighted by molar-refractivity contribution is 6.02. The number of imide groups is 1. The predicted octanol–water partition coefficient (Wildman–Crippen LogP) is 4.26. The predicted molar refractivity (Wildman–Crippen MR) is 158 cm³/mol. The van der Waals surface area contributed by atoms with Gasteiger partial charge in [0.1, 0.15) is 11.7 Å². The molecule has 0 radical (unpaired) electrons. The minimum atomic E-state index is -0.882. The summed E-state index contributed by atoms with van der Waals surface area (Å²) in [5.74, 6) is -1.71. The van der Waals surface area contributed by atoms with Crippen LogP contribution in [0.15, 0.2) is 71.3 Å². The van der Waals surface area contributed by atoms with Crippen LogP contribution in [-0.2, 0) is 16.0 Å². The molecule has 2 aromatic heterocycles. The van der Waals surface area contributed by atoms with Crippen molar-refractivity contribution >= 4 is 23.8 Å². The Balaban J connectivity index is 1.44. The highest BCUT2D eigenvalue weighted by Crippen LogP contribution is 2.26. The Morgan fingerprint density at radius 3 is 2.37 bits per heavy atom. The zero-order chi connectivity index (χ0) is 30.8. The lowest BCUT2D eigenvalue weighted by atomic mass is 10.1. The number of hydrogen-bond donors (Lipinski definition) is 4. The summed E-state index contributed by atoms with van der Waals surface area (Å²) in [4.78, 5) is 54.4. The van der Waals surface area contributed by atoms with Gasteiger partial charge in [0.15, 0.2) is 0 Å². The van der Waals surface area contributed by atoms with Gasteiger partial charge in [0.25, 0.3) is 11.8 Å². The molecule has 0 aliphatic rings. The summed E-state index contributed by atoms with van der Waals surface area (Å²) in [6.45, 7) is 5.78. The summed E-state index contributed by atoms with van der Waals surface area (Å²) in [6, 6.07) is 16.4. The van der Waals surface area contributed by atoms with Crippen molar-refractivity contribution in [2.24, 2.45) is 0 Å². The number of nitrogens with zero attached hydrogens (tertiary/aromatic N) is 2. The van der Waals surface area contributed by atoms with Crippen molar-refractivity contribution in [3.63, 3.8) is 0 Å². The summed E-state index contributed by atoms with van der Waals surface area (Å²) in [5, 5.41) is 14.7. The first-order valence-electron chi connectivity index (χ1n) is 14.1. The minimum Gasteiger partial charge on any atom is -0.464 e. The highest BCUT2D eigenvalue weighted by Gasteiger charge is 2.24. The number of carbonyl (C=O) groups excluding carboxylic acids is 4. The number of oxazole rings is 1. The van der Waals surface area contributed by atoms with Crippen LogP contribution < -0.4 is 16.0 Å². The molecule has 0 fully saturated rings. The summed E-state index contributed by atoms with van der Waals surface area (Å²) in [7, 11) is 0. The van der Waals surface area contributed by atoms with E-state index in [4.69, 9.17) is 9.15 Å². The fourth-order valence-electron chi connectivity index (χ4n) is 4.31. The Hall–Kier alpha value is -5.26. The zero-order valence-corrected chi connectivity index (χ0v) is 24.2. The monoisotopic (exact) mass is 586 g/mol. The molecule has 0 aliphatic carbocycles. The largest absolute Gasteiger partial charge is 0.464 e. The zero-order valence-electron chi connectivity index (χ0n) is 24.2. The molecule has 0 aliphatic heterocycles. The average molecular weight is 587 g/mol. The molecule has 4 N–H and O–H groups in total. The van der Waals surface area contributed by atoms with Crippen LogP contribution in [0.4, 0.5) is 4.79 Å². The number of aromatic nitrogens is 3. The molecule has 12 heteroatoms. The van der Waals surface area contributed by atoms with Crippen LogP contribution in [0.2, 0.25) is 0 Å². The number of ether oxygens (including phenoxy) is 1. The first-order valence-corrected chi connectivity index (χ1v) is 14.1. The molecule has 0 saturated heterocycles. The van der Waals surface area contributed by atoms with E-state index in [2.05, 4.69) is 31.1 Å². The van der Waals surface area contributed by atoms with Crippen molar-refractivity contribution in [1.29, 1.82) is 0 Å². The number of hydrogen-bond acceptors (Lipinski definition) is 8. The van der Waals surface area contributed by atoms with Gasteiger partial charge >= 0.3 is 12.0 Å². The molecule has 224 valence electrons. The summed E-state index contributed by atoms with van der Waals surface area (Å²) in [5.41, 5.74) is 2.69. The van der Waals surface area contributed by atoms with E-state index in [1.807, 2.05) is 44.2 Å². The molecule has 0 unspecified atom stereocenters. The SMILES string of the molecule is CCOC(=O)[C@H](Cc1ccccc1)NC(=O)c1cc(-c2cccc(-c3ncc(C(=O)NC(=O)NC(CC)CC)o3)c2)n[nH]1. The third-order valence-electron chi connectivity index (χ3n) is 6.66. The molecule has 4 aromatic rings. The van der Waals surface area contributed by atoms with Gasteiger partial charge in [0.05, 0.1) is 18.5 Å². The van der Waals surface area contributed by atoms with Gasteiger partial charge in [-0.1, -0.05) is 56.3 Å². The number of aromatic amines is 1. The topological polar surface area (TPSA) is 168 Å². The van der Waals surface area contributed by atoms with Crippen LogP contribution in [0.3, 0.4) is 0 Å². The molecule has 2 heterocycles. The molecule has 43 heavy (non-hydrogen) atoms. The fraction of sp³-hybridized carbons (Fsp3) is 0.290. The van der Waals surface area contributed by atoms with Crippen molar-refractivity contribution in [2.45, 2.75) is 52.1 Å². The van der Waals surface area contributed by atoms with E-state index in [0.717, 1.165) is 18.4 Å². The van der Waals surface area contributed by atoms with Crippen LogP contribution in [0.25, 0.3) is 22.7 Å². The number of amides is 4. The van der Waals surface area contributed by atoms with Gasteiger partial charge in [-0.05, 0) is 43.5 Å². The normalized spacial score (nSPS) is 11.5. The first-order chi connectivity index (χ1) is 20.8. The van der Waals surface area contributed by atoms with Crippen molar-refractivity contribution in [2.75, 3.05) is 6.61 Å². The number of carbonyl (C=O) groups is 4. The maximum atomic E-state index is 13.0. The second-order valence-electron chi connectivity index (χ2n) is 9.69. The van der Waals surface area contributed by atoms with Crippen LogP contribution in [0.5, 0.6) is 0 Å². The van der Waals surface area contributed by atoms with Crippen molar-refractivity contribution in [3.8, 4) is 22.7 Å². The maximum Gasteiger partial charge on any atom is 0.328 e. The Morgan fingerprint density at radius 1 is 0.907 bits per heavy atom. The lowest BCUT2D eigenvalue weighted by Gasteiger charge is -2.17. The second-order valence-corrected chi connectivity index (χ2v) is 9.69. The quantitative estimate of drug-likeness (QED) is 0.179. The van der Waals surface area contributed by atoms with Gasteiger partial charge in [-0.3, -0.25) is 20.0 Å². The fourth-order valence-corrected chi connectivity index (χ4v) is 4.31. The minimum absolute atomic E-state index is 0.0391. The maximum absolute atomic E-state index is 13.0. The van der Waals surface area contributed by atoms with E-state index in [-0.39, 0.29) is 36.4 Å². The smallest absolute Gasteiger partial charge is 0.328 e. The van der Waals surface area contributed by atoms with Crippen LogP contribution in [0, 0.1) is 0 Å². The summed E-state index contributed by atoms with van der Waals surface area (Å²) < 4.78 is 10.8. The van der Waals surface area contributed by atoms with E-state index >= 15 is 0 Å². The molecule has 0 spiro atoms. The van der Waals surface area contributed by atoms with Gasteiger partial charge in [-0.2, -0.15) is 5.10 Å². The molecule has 2 aromatic carbocycles. The third kappa shape index (κ3) is 8.15. The van der Waals surface area contributed by atoms with Gasteiger partial charge in [0.2, 0.25) is 11.7 Å². The standard InChI is InChI=1S/C31H34N6O6/c1-4-22(5-2)33-31(41)35-28(39)26-18-32-29(43-26)21-14-10-13-20(16-21)23-17-24(37-36-23)27(38)34-25(30(40)42-6-3)15-19-11-8-7-9-12-19/h7-14,16-18,22,25H,4-6,15H2,1-3H3,(H,34,38)(H,36,37)(H2,33,35,39,41)/t25-/m0/s1. The van der Waals surface area contributed by atoms with E-state index in [9.17, 15) is 19.2 Å². The Labute approximate surface area is 248 Å². The van der Waals surface area contributed by atoms with Crippen LogP contribution in [-0.4, -0.2) is 57.7 Å². The number of nitrogens with one attached hydrogen (secondary N) is 4. The van der Waals surface area contributed by atoms with E-state index < -0.39 is 29.9 Å². The second kappa shape index (κ2) is 14.6. The molecule has 0 bridgehead atoms. The van der Waals surface area contributed by atoms with Crippen molar-refractivity contribution in [3.05, 3.63) is 83.9 Å². The highest BCUT2D eigenvalue weighted by atomic mass is 16.5. The molecule has 1 atom stereocenters. The van der Waals surface area contributed by atoms with Crippen LogP contribution in [0.1, 0.15) is 60.2 Å². The van der Waals surface area contributed by atoms with Gasteiger partial charge < -0.3 is 19.8 Å². The van der Waals surface area contributed by atoms with E-state index in [0.29, 0.717) is 16.8 Å². The van der Waals surface area contributed by atoms with Crippen LogP contribution >= 0.6 is 0 Å². The summed E-state index contributed by atoms with van der Waals surface area (Å²) in [6.07, 6.45) is 3.00. The van der Waals surface area contributed by atoms with Crippen molar-refractivity contribution in [1.82, 2.24) is 31.1 Å². The molecular weight excluding hydrogens is 552 g/mol. The molecule has 4 amide bonds. The Kier molecular flexibility index (Phi) is 10.4. The van der Waals surface area contributed by atoms with Gasteiger partial charge in [-0.25, -0.2) is 14.6 Å². The van der Waals surface area contributed by atoms with Crippen molar-refractivity contribution < 1.29 is 28.3 Å². The molecule has 0 saturated carbocycles. The average Bonchev–Trinajstić information content (AvgIpc) is 3.72. The summed E-state index contributed by atoms with van der Waals surface area (Å²) >= 11 is 0. The number of esters is 1. The number of H-pyrrole nitrogens is 1. The van der Waals surface area contributed by atoms with E-state index in [1.165, 1.54) is 6.20 Å². The molecular formula is C31H34N6O6. The lowest BCUT2D eigenvalue weighted by molar-refractivity contribution is -0.145. The number of benzene rings is 2. The molecule has 4 rings (SSSR count). The number of urea groups is 1. The molecule has 12 nitrogen and oxygen atoms in total. The first kappa shape index (κ1) is 30.7. The Bertz CT molecular complexity index is 1560. The van der Waals surface area contributed by atoms with Gasteiger partial charge in [-0.15, -0.1) is 0 Å². The number of rotatable bonds is 12. The Morgan fingerprint density at radius 2 is 1.65 bits per heavy atom. The third-order valence-corrected chi connectivity index (χ3v) is 6.66. The van der Waals surface area contributed by atoms with Gasteiger partial charge in [0, 0.05) is 23.6 Å². The van der Waals surface area contributed by atoms with E-state index in [1.54, 1.807) is 37.3 Å².